The van der Waals surface area contributed by atoms with Crippen molar-refractivity contribution in [2.45, 2.75) is 77.0 Å². The molecule has 2 aliphatic heterocycles. The Labute approximate surface area is 148 Å². The Morgan fingerprint density at radius 2 is 2.20 bits per heavy atom. The van der Waals surface area contributed by atoms with Crippen molar-refractivity contribution in [3.63, 3.8) is 0 Å². The minimum absolute atomic E-state index is 0.218. The summed E-state index contributed by atoms with van der Waals surface area (Å²) in [6.07, 6.45) is 6.20. The van der Waals surface area contributed by atoms with E-state index in [4.69, 9.17) is 14.2 Å². The summed E-state index contributed by atoms with van der Waals surface area (Å²) >= 11 is 0. The number of hydrogen-bond donors (Lipinski definition) is 1. The zero-order valence-corrected chi connectivity index (χ0v) is 15.3. The molecule has 0 aromatic heterocycles. The van der Waals surface area contributed by atoms with E-state index in [9.17, 15) is 14.7 Å². The van der Waals surface area contributed by atoms with Gasteiger partial charge in [0.1, 0.15) is 17.8 Å². The first-order valence-corrected chi connectivity index (χ1v) is 8.91. The number of ether oxygens (including phenoxy) is 3. The van der Waals surface area contributed by atoms with Gasteiger partial charge in [0.05, 0.1) is 12.2 Å². The van der Waals surface area contributed by atoms with Gasteiger partial charge in [-0.05, 0) is 32.4 Å². The molecule has 0 bridgehead atoms. The molecule has 1 saturated heterocycles. The van der Waals surface area contributed by atoms with Crippen molar-refractivity contribution in [3.05, 3.63) is 24.3 Å². The normalized spacial score (nSPS) is 36.0. The van der Waals surface area contributed by atoms with Crippen LogP contribution < -0.4 is 0 Å². The average Bonchev–Trinajstić information content (AvgIpc) is 2.56. The van der Waals surface area contributed by atoms with E-state index in [0.717, 1.165) is 12.8 Å². The van der Waals surface area contributed by atoms with Crippen LogP contribution in [0.25, 0.3) is 0 Å². The van der Waals surface area contributed by atoms with Gasteiger partial charge < -0.3 is 19.3 Å². The fourth-order valence-electron chi connectivity index (χ4n) is 3.49. The quantitative estimate of drug-likeness (QED) is 0.583. The summed E-state index contributed by atoms with van der Waals surface area (Å²) in [4.78, 5) is 23.7. The van der Waals surface area contributed by atoms with Crippen LogP contribution in [0.2, 0.25) is 0 Å². The van der Waals surface area contributed by atoms with Crippen LogP contribution in [0.15, 0.2) is 24.3 Å². The first-order chi connectivity index (χ1) is 11.8. The van der Waals surface area contributed by atoms with Crippen LogP contribution in [0, 0.1) is 5.92 Å². The summed E-state index contributed by atoms with van der Waals surface area (Å²) in [7, 11) is 0. The molecule has 2 heterocycles. The third-order valence-corrected chi connectivity index (χ3v) is 4.82. The maximum Gasteiger partial charge on any atom is 0.330 e. The highest BCUT2D eigenvalue weighted by Crippen LogP contribution is 2.39. The molecule has 1 N–H and O–H groups in total. The summed E-state index contributed by atoms with van der Waals surface area (Å²) in [5.41, 5.74) is -0.720. The molecule has 0 saturated carbocycles. The van der Waals surface area contributed by atoms with Crippen LogP contribution in [0.3, 0.4) is 0 Å². The Hall–Kier alpha value is -1.66. The van der Waals surface area contributed by atoms with E-state index in [-0.39, 0.29) is 12.0 Å². The smallest absolute Gasteiger partial charge is 0.330 e. The molecule has 6 heteroatoms. The zero-order chi connectivity index (χ0) is 18.6. The maximum atomic E-state index is 12.1. The lowest BCUT2D eigenvalue weighted by molar-refractivity contribution is -0.238. The first-order valence-electron chi connectivity index (χ1n) is 8.91. The molecule has 1 fully saturated rings. The standard InChI is InChI=1S/C19H28O6/c1-5-6-7-14(20)8-9-15(21)23-17-12(2)18-19(4,25-13(17)3)11-10-16(22)24-18/h8-14,17-18,20H,5-7H2,1-4H3/b9-8+/t12-,13+,14+,17-,18+,19-/m1/s1. The number of unbranched alkanes of at least 4 members (excludes halogenated alkanes) is 1. The molecule has 0 aromatic carbocycles. The van der Waals surface area contributed by atoms with Crippen LogP contribution in [0.4, 0.5) is 0 Å². The predicted molar refractivity (Wildman–Crippen MR) is 91.7 cm³/mol. The highest BCUT2D eigenvalue weighted by Gasteiger charge is 2.52. The van der Waals surface area contributed by atoms with Crippen LogP contribution in [-0.2, 0) is 23.8 Å². The molecule has 0 spiro atoms. The third kappa shape index (κ3) is 4.70. The number of hydrogen-bond acceptors (Lipinski definition) is 6. The number of aliphatic hydroxyl groups is 1. The predicted octanol–water partition coefficient (Wildman–Crippen LogP) is 2.30. The largest absolute Gasteiger partial charge is 0.456 e. The fourth-order valence-corrected chi connectivity index (χ4v) is 3.49. The Balaban J connectivity index is 2.00. The molecule has 0 amide bonds. The fraction of sp³-hybridized carbons (Fsp3) is 0.684. The number of aliphatic hydroxyl groups excluding tert-OH is 1. The lowest BCUT2D eigenvalue weighted by Gasteiger charge is -2.49. The minimum Gasteiger partial charge on any atom is -0.456 e. The lowest BCUT2D eigenvalue weighted by atomic mass is 9.79. The minimum atomic E-state index is -0.720. The van der Waals surface area contributed by atoms with Crippen molar-refractivity contribution in [1.82, 2.24) is 0 Å². The molecule has 0 unspecified atom stereocenters. The molecule has 6 nitrogen and oxygen atoms in total. The van der Waals surface area contributed by atoms with E-state index in [2.05, 4.69) is 0 Å². The number of fused-ring (bicyclic) bond motifs is 1. The highest BCUT2D eigenvalue weighted by atomic mass is 16.6. The molecule has 0 aromatic rings. The van der Waals surface area contributed by atoms with Gasteiger partial charge in [0.2, 0.25) is 0 Å². The van der Waals surface area contributed by atoms with Gasteiger partial charge in [-0.2, -0.15) is 0 Å². The molecule has 2 aliphatic rings. The molecule has 25 heavy (non-hydrogen) atoms. The van der Waals surface area contributed by atoms with Gasteiger partial charge >= 0.3 is 11.9 Å². The molecule has 0 radical (unpaired) electrons. The molecule has 0 aliphatic carbocycles. The Bertz CT molecular complexity index is 554. The highest BCUT2D eigenvalue weighted by molar-refractivity contribution is 5.83. The average molecular weight is 352 g/mol. The van der Waals surface area contributed by atoms with E-state index in [0.29, 0.717) is 6.42 Å². The molecule has 2 rings (SSSR count). The maximum absolute atomic E-state index is 12.1. The Kier molecular flexibility index (Phi) is 6.41. The van der Waals surface area contributed by atoms with Gasteiger partial charge in [-0.15, -0.1) is 0 Å². The Morgan fingerprint density at radius 1 is 1.48 bits per heavy atom. The molecular formula is C19H28O6. The number of rotatable bonds is 6. The molecule has 6 atom stereocenters. The molecule has 140 valence electrons. The van der Waals surface area contributed by atoms with Gasteiger partial charge in [0, 0.05) is 18.1 Å². The number of carbonyl (C=O) groups excluding carboxylic acids is 2. The van der Waals surface area contributed by atoms with Gasteiger partial charge in [0.15, 0.2) is 0 Å². The van der Waals surface area contributed by atoms with E-state index in [1.54, 1.807) is 6.08 Å². The summed E-state index contributed by atoms with van der Waals surface area (Å²) in [6, 6.07) is 0. The second kappa shape index (κ2) is 8.15. The Morgan fingerprint density at radius 3 is 2.88 bits per heavy atom. The van der Waals surface area contributed by atoms with E-state index in [1.807, 2.05) is 27.7 Å². The first kappa shape index (κ1) is 19.7. The van der Waals surface area contributed by atoms with Crippen LogP contribution in [-0.4, -0.2) is 47.1 Å². The van der Waals surface area contributed by atoms with Crippen molar-refractivity contribution >= 4 is 11.9 Å². The second-order valence-corrected chi connectivity index (χ2v) is 7.03. The topological polar surface area (TPSA) is 82.1 Å². The van der Waals surface area contributed by atoms with E-state index in [1.165, 1.54) is 18.2 Å². The second-order valence-electron chi connectivity index (χ2n) is 7.03. The van der Waals surface area contributed by atoms with E-state index >= 15 is 0 Å². The number of carbonyl (C=O) groups is 2. The summed E-state index contributed by atoms with van der Waals surface area (Å²) in [5, 5.41) is 9.77. The van der Waals surface area contributed by atoms with Crippen molar-refractivity contribution in [3.8, 4) is 0 Å². The zero-order valence-electron chi connectivity index (χ0n) is 15.3. The van der Waals surface area contributed by atoms with Crippen molar-refractivity contribution in [2.24, 2.45) is 5.92 Å². The van der Waals surface area contributed by atoms with Crippen LogP contribution >= 0.6 is 0 Å². The van der Waals surface area contributed by atoms with Crippen LogP contribution in [0.1, 0.15) is 47.0 Å². The van der Waals surface area contributed by atoms with Gasteiger partial charge in [-0.3, -0.25) is 0 Å². The number of esters is 2. The van der Waals surface area contributed by atoms with Gasteiger partial charge in [-0.1, -0.05) is 26.7 Å². The van der Waals surface area contributed by atoms with Gasteiger partial charge in [0.25, 0.3) is 0 Å². The summed E-state index contributed by atoms with van der Waals surface area (Å²) < 4.78 is 16.9. The summed E-state index contributed by atoms with van der Waals surface area (Å²) in [6.45, 7) is 7.61. The van der Waals surface area contributed by atoms with E-state index < -0.39 is 35.9 Å². The van der Waals surface area contributed by atoms with Gasteiger partial charge in [-0.25, -0.2) is 9.59 Å². The lowest BCUT2D eigenvalue weighted by Crippen LogP contribution is -2.61. The third-order valence-electron chi connectivity index (χ3n) is 4.82. The van der Waals surface area contributed by atoms with Crippen molar-refractivity contribution in [2.75, 3.05) is 0 Å². The van der Waals surface area contributed by atoms with Crippen LogP contribution in [0.5, 0.6) is 0 Å². The summed E-state index contributed by atoms with van der Waals surface area (Å²) in [5.74, 6) is -1.18. The SMILES string of the molecule is CCCC[C@H](O)/C=C/C(=O)O[C@@H]1[C@@H](C)[C@@H]2OC(=O)C=C[C@@]2(C)O[C@H]1C. The van der Waals surface area contributed by atoms with Crippen molar-refractivity contribution in [1.29, 1.82) is 0 Å². The van der Waals surface area contributed by atoms with Crippen molar-refractivity contribution < 1.29 is 28.9 Å². The monoisotopic (exact) mass is 352 g/mol. The molecular weight excluding hydrogens is 324 g/mol.